The molecule has 7 heteroatoms. The summed E-state index contributed by atoms with van der Waals surface area (Å²) < 4.78 is 31.0. The van der Waals surface area contributed by atoms with E-state index >= 15 is 0 Å². The van der Waals surface area contributed by atoms with Crippen molar-refractivity contribution in [1.82, 2.24) is 10.6 Å². The molecule has 1 saturated heterocycles. The van der Waals surface area contributed by atoms with Gasteiger partial charge in [0.05, 0.1) is 6.54 Å². The smallest absolute Gasteiger partial charge is 0.223 e. The van der Waals surface area contributed by atoms with Crippen LogP contribution in [0.4, 0.5) is 8.78 Å². The minimum atomic E-state index is -0.944. The molecule has 0 bridgehead atoms. The van der Waals surface area contributed by atoms with Crippen LogP contribution in [0.15, 0.2) is 18.2 Å². The first kappa shape index (κ1) is 18.6. The zero-order valence-corrected chi connectivity index (χ0v) is 13.2. The van der Waals surface area contributed by atoms with E-state index in [1.54, 1.807) is 0 Å². The van der Waals surface area contributed by atoms with Crippen LogP contribution < -0.4 is 15.4 Å². The number of halogens is 3. The number of piperidine rings is 1. The van der Waals surface area contributed by atoms with Crippen LogP contribution in [0.3, 0.4) is 0 Å². The van der Waals surface area contributed by atoms with E-state index in [1.165, 1.54) is 6.07 Å². The summed E-state index contributed by atoms with van der Waals surface area (Å²) in [6.07, 6.45) is 1.66. The molecule has 2 rings (SSSR count). The van der Waals surface area contributed by atoms with E-state index in [1.807, 2.05) is 0 Å². The fourth-order valence-electron chi connectivity index (χ4n) is 2.42. The van der Waals surface area contributed by atoms with Gasteiger partial charge < -0.3 is 15.4 Å². The maximum absolute atomic E-state index is 13.0. The van der Waals surface area contributed by atoms with Crippen molar-refractivity contribution < 1.29 is 18.3 Å². The summed E-state index contributed by atoms with van der Waals surface area (Å²) in [5.41, 5.74) is 0. The largest absolute Gasteiger partial charge is 0.492 e. The topological polar surface area (TPSA) is 50.4 Å². The standard InChI is InChI=1S/C15H20F2N2O2.ClH/c1-10-8-11(4-5-18-10)15(20)19-6-7-21-12-2-3-13(16)14(17)9-12;/h2-3,9-11,18H,4-8H2,1H3,(H,19,20);1H/t10-,11-;/m0./s1. The molecule has 1 heterocycles. The third-order valence-electron chi connectivity index (χ3n) is 3.56. The summed E-state index contributed by atoms with van der Waals surface area (Å²) in [7, 11) is 0. The fraction of sp³-hybridized carbons (Fsp3) is 0.533. The van der Waals surface area contributed by atoms with Crippen molar-refractivity contribution in [2.75, 3.05) is 19.7 Å². The van der Waals surface area contributed by atoms with Crippen LogP contribution in [0.1, 0.15) is 19.8 Å². The molecule has 2 N–H and O–H groups in total. The number of rotatable bonds is 5. The minimum Gasteiger partial charge on any atom is -0.492 e. The van der Waals surface area contributed by atoms with Gasteiger partial charge in [-0.25, -0.2) is 8.78 Å². The number of hydrogen-bond donors (Lipinski definition) is 2. The van der Waals surface area contributed by atoms with Crippen molar-refractivity contribution in [1.29, 1.82) is 0 Å². The van der Waals surface area contributed by atoms with Crippen LogP contribution >= 0.6 is 12.4 Å². The van der Waals surface area contributed by atoms with Crippen LogP contribution in [0, 0.1) is 17.6 Å². The predicted molar refractivity (Wildman–Crippen MR) is 82.3 cm³/mol. The van der Waals surface area contributed by atoms with Gasteiger partial charge in [0.15, 0.2) is 11.6 Å². The summed E-state index contributed by atoms with van der Waals surface area (Å²) in [5, 5.41) is 6.10. The number of benzene rings is 1. The van der Waals surface area contributed by atoms with Gasteiger partial charge in [0.1, 0.15) is 12.4 Å². The van der Waals surface area contributed by atoms with Crippen molar-refractivity contribution >= 4 is 18.3 Å². The molecule has 1 aromatic carbocycles. The quantitative estimate of drug-likeness (QED) is 0.812. The van der Waals surface area contributed by atoms with Crippen LogP contribution in [0.25, 0.3) is 0 Å². The first-order valence-corrected chi connectivity index (χ1v) is 7.15. The minimum absolute atomic E-state index is 0. The van der Waals surface area contributed by atoms with Crippen molar-refractivity contribution in [3.05, 3.63) is 29.8 Å². The van der Waals surface area contributed by atoms with Crippen molar-refractivity contribution in [3.63, 3.8) is 0 Å². The number of hydrogen-bond acceptors (Lipinski definition) is 3. The van der Waals surface area contributed by atoms with Crippen molar-refractivity contribution in [3.8, 4) is 5.75 Å². The maximum atomic E-state index is 13.0. The molecular weight excluding hydrogens is 314 g/mol. The Labute approximate surface area is 135 Å². The Morgan fingerprint density at radius 2 is 2.18 bits per heavy atom. The Hall–Kier alpha value is -1.40. The third-order valence-corrected chi connectivity index (χ3v) is 3.56. The highest BCUT2D eigenvalue weighted by Crippen LogP contribution is 2.16. The van der Waals surface area contributed by atoms with E-state index in [9.17, 15) is 13.6 Å². The molecule has 1 fully saturated rings. The van der Waals surface area contributed by atoms with E-state index < -0.39 is 11.6 Å². The Kier molecular flexibility index (Phi) is 7.55. The third kappa shape index (κ3) is 5.42. The SMILES string of the molecule is C[C@H]1C[C@@H](C(=O)NCCOc2ccc(F)c(F)c2)CCN1.Cl. The van der Waals surface area contributed by atoms with Gasteiger partial charge in [-0.2, -0.15) is 0 Å². The Bertz CT molecular complexity index is 502. The van der Waals surface area contributed by atoms with Gasteiger partial charge in [-0.3, -0.25) is 4.79 Å². The number of nitrogens with one attached hydrogen (secondary N) is 2. The lowest BCUT2D eigenvalue weighted by Gasteiger charge is -2.27. The second kappa shape index (κ2) is 8.90. The maximum Gasteiger partial charge on any atom is 0.223 e. The molecule has 1 amide bonds. The van der Waals surface area contributed by atoms with Gasteiger partial charge in [0.2, 0.25) is 5.91 Å². The summed E-state index contributed by atoms with van der Waals surface area (Å²) in [6, 6.07) is 3.72. The van der Waals surface area contributed by atoms with Gasteiger partial charge in [0.25, 0.3) is 0 Å². The van der Waals surface area contributed by atoms with E-state index in [2.05, 4.69) is 17.6 Å². The van der Waals surface area contributed by atoms with Crippen molar-refractivity contribution in [2.45, 2.75) is 25.8 Å². The monoisotopic (exact) mass is 334 g/mol. The summed E-state index contributed by atoms with van der Waals surface area (Å²) in [5.74, 6) is -1.55. The number of ether oxygens (including phenoxy) is 1. The van der Waals surface area contributed by atoms with Gasteiger partial charge in [-0.1, -0.05) is 0 Å². The van der Waals surface area contributed by atoms with E-state index in [0.29, 0.717) is 12.6 Å². The lowest BCUT2D eigenvalue weighted by atomic mass is 9.92. The molecule has 4 nitrogen and oxygen atoms in total. The van der Waals surface area contributed by atoms with Gasteiger partial charge in [-0.05, 0) is 38.4 Å². The molecule has 0 aromatic heterocycles. The van der Waals surface area contributed by atoms with Crippen LogP contribution in [-0.2, 0) is 4.79 Å². The predicted octanol–water partition coefficient (Wildman–Crippen LogP) is 2.27. The molecule has 0 aliphatic carbocycles. The highest BCUT2D eigenvalue weighted by Gasteiger charge is 2.24. The molecule has 1 aliphatic heterocycles. The molecule has 0 unspecified atom stereocenters. The molecule has 1 aromatic rings. The van der Waals surface area contributed by atoms with Crippen molar-refractivity contribution in [2.24, 2.45) is 5.92 Å². The lowest BCUT2D eigenvalue weighted by Crippen LogP contribution is -2.43. The van der Waals surface area contributed by atoms with Gasteiger partial charge >= 0.3 is 0 Å². The molecule has 0 radical (unpaired) electrons. The van der Waals surface area contributed by atoms with E-state index in [0.717, 1.165) is 31.5 Å². The van der Waals surface area contributed by atoms with E-state index in [4.69, 9.17) is 4.74 Å². The highest BCUT2D eigenvalue weighted by molar-refractivity contribution is 5.85. The number of carbonyl (C=O) groups excluding carboxylic acids is 1. The Balaban J connectivity index is 0.00000242. The molecule has 0 spiro atoms. The molecule has 2 atom stereocenters. The zero-order valence-electron chi connectivity index (χ0n) is 12.4. The number of carbonyl (C=O) groups is 1. The normalized spacial score (nSPS) is 20.9. The summed E-state index contributed by atoms with van der Waals surface area (Å²) >= 11 is 0. The lowest BCUT2D eigenvalue weighted by molar-refractivity contribution is -0.126. The second-order valence-electron chi connectivity index (χ2n) is 5.29. The number of amides is 1. The average Bonchev–Trinajstić information content (AvgIpc) is 2.47. The van der Waals surface area contributed by atoms with Gasteiger partial charge in [0, 0.05) is 18.0 Å². The zero-order chi connectivity index (χ0) is 15.2. The molecule has 124 valence electrons. The van der Waals surface area contributed by atoms with Crippen LogP contribution in [-0.4, -0.2) is 31.6 Å². The van der Waals surface area contributed by atoms with Gasteiger partial charge in [-0.15, -0.1) is 12.4 Å². The first-order valence-electron chi connectivity index (χ1n) is 7.15. The average molecular weight is 335 g/mol. The van der Waals surface area contributed by atoms with Crippen LogP contribution in [0.2, 0.25) is 0 Å². The summed E-state index contributed by atoms with van der Waals surface area (Å²) in [6.45, 7) is 3.48. The first-order chi connectivity index (χ1) is 10.1. The molecule has 1 aliphatic rings. The fourth-order valence-corrected chi connectivity index (χ4v) is 2.42. The molecule has 22 heavy (non-hydrogen) atoms. The van der Waals surface area contributed by atoms with Crippen LogP contribution in [0.5, 0.6) is 5.75 Å². The van der Waals surface area contributed by atoms with E-state index in [-0.39, 0.29) is 36.6 Å². The highest BCUT2D eigenvalue weighted by atomic mass is 35.5. The summed E-state index contributed by atoms with van der Waals surface area (Å²) in [4.78, 5) is 11.9. The second-order valence-corrected chi connectivity index (χ2v) is 5.29. The Morgan fingerprint density at radius 1 is 1.41 bits per heavy atom. The molecule has 0 saturated carbocycles. The Morgan fingerprint density at radius 3 is 2.86 bits per heavy atom. The molecular formula is C15H21ClF2N2O2.